The van der Waals surface area contributed by atoms with Crippen LogP contribution in [0.3, 0.4) is 0 Å². The second-order valence-electron chi connectivity index (χ2n) is 5.64. The Balaban J connectivity index is 1.85. The molecule has 0 spiro atoms. The fraction of sp³-hybridized carbons (Fsp3) is 0.111. The van der Waals surface area contributed by atoms with Crippen LogP contribution in [0.4, 0.5) is 36.2 Å². The van der Waals surface area contributed by atoms with E-state index in [0.717, 1.165) is 12.1 Å². The second-order valence-corrected chi connectivity index (χ2v) is 5.64. The summed E-state index contributed by atoms with van der Waals surface area (Å²) in [4.78, 5) is 8.47. The van der Waals surface area contributed by atoms with E-state index in [-0.39, 0.29) is 11.6 Å². The number of benzene rings is 2. The molecule has 1 aromatic heterocycles. The first-order chi connectivity index (χ1) is 12.8. The molecule has 0 saturated heterocycles. The molecule has 3 aromatic rings. The van der Waals surface area contributed by atoms with Gasteiger partial charge in [0, 0.05) is 16.9 Å². The average molecular weight is 375 g/mol. The maximum atomic E-state index is 12.6. The van der Waals surface area contributed by atoms with Crippen LogP contribution in [0, 0.1) is 0 Å². The van der Waals surface area contributed by atoms with E-state index in [1.165, 1.54) is 25.4 Å². The Labute approximate surface area is 153 Å². The molecule has 3 rings (SSSR count). The standard InChI is InChI=1S/C18H16F3N5O/c1-27-12-6-7-14(22)13(8-12)16-17(23)26-15(9-24-16)25-11-4-2-10(3-5-11)18(19,20)21/h2-9H,22H2,1H3,(H3,23,25,26). The number of nitrogens with zero attached hydrogens (tertiary/aromatic N) is 2. The Morgan fingerprint density at radius 1 is 1.04 bits per heavy atom. The first kappa shape index (κ1) is 18.3. The van der Waals surface area contributed by atoms with Gasteiger partial charge in [0.25, 0.3) is 0 Å². The fourth-order valence-corrected chi connectivity index (χ4v) is 2.43. The van der Waals surface area contributed by atoms with E-state index in [1.807, 2.05) is 0 Å². The molecule has 0 aliphatic carbocycles. The number of halogens is 3. The average Bonchev–Trinajstić information content (AvgIpc) is 2.62. The van der Waals surface area contributed by atoms with Crippen LogP contribution < -0.4 is 21.5 Å². The Morgan fingerprint density at radius 2 is 1.74 bits per heavy atom. The second kappa shape index (κ2) is 7.02. The number of nitrogens with one attached hydrogen (secondary N) is 1. The van der Waals surface area contributed by atoms with Crippen LogP contribution in [0.15, 0.2) is 48.7 Å². The number of aromatic nitrogens is 2. The summed E-state index contributed by atoms with van der Waals surface area (Å²) in [5.74, 6) is 0.997. The van der Waals surface area contributed by atoms with Crippen molar-refractivity contribution in [3.05, 3.63) is 54.2 Å². The highest BCUT2D eigenvalue weighted by Crippen LogP contribution is 2.33. The zero-order valence-electron chi connectivity index (χ0n) is 14.2. The molecule has 27 heavy (non-hydrogen) atoms. The summed E-state index contributed by atoms with van der Waals surface area (Å²) in [7, 11) is 1.53. The van der Waals surface area contributed by atoms with Gasteiger partial charge in [0.1, 0.15) is 11.4 Å². The van der Waals surface area contributed by atoms with E-state index < -0.39 is 11.7 Å². The highest BCUT2D eigenvalue weighted by molar-refractivity contribution is 5.81. The van der Waals surface area contributed by atoms with Gasteiger partial charge in [-0.15, -0.1) is 0 Å². The van der Waals surface area contributed by atoms with Gasteiger partial charge < -0.3 is 21.5 Å². The van der Waals surface area contributed by atoms with Crippen molar-refractivity contribution >= 4 is 23.0 Å². The predicted octanol–water partition coefficient (Wildman–Crippen LogP) is 4.08. The molecule has 140 valence electrons. The molecule has 2 aromatic carbocycles. The SMILES string of the molecule is COc1ccc(N)c(-c2ncc(Nc3ccc(C(F)(F)F)cc3)nc2N)c1. The summed E-state index contributed by atoms with van der Waals surface area (Å²) >= 11 is 0. The Bertz CT molecular complexity index is 958. The maximum Gasteiger partial charge on any atom is 0.416 e. The number of anilines is 4. The van der Waals surface area contributed by atoms with Crippen LogP contribution in [0.25, 0.3) is 11.3 Å². The molecule has 0 aliphatic heterocycles. The highest BCUT2D eigenvalue weighted by atomic mass is 19.4. The molecule has 0 bridgehead atoms. The number of ether oxygens (including phenoxy) is 1. The minimum absolute atomic E-state index is 0.117. The van der Waals surface area contributed by atoms with Crippen molar-refractivity contribution in [1.29, 1.82) is 0 Å². The normalized spacial score (nSPS) is 11.3. The van der Waals surface area contributed by atoms with Gasteiger partial charge in [-0.3, -0.25) is 0 Å². The molecule has 0 aliphatic rings. The van der Waals surface area contributed by atoms with Crippen molar-refractivity contribution in [3.63, 3.8) is 0 Å². The third-order valence-electron chi connectivity index (χ3n) is 3.80. The lowest BCUT2D eigenvalue weighted by atomic mass is 10.1. The van der Waals surface area contributed by atoms with Crippen LogP contribution in [0.1, 0.15) is 5.56 Å². The van der Waals surface area contributed by atoms with Gasteiger partial charge in [-0.2, -0.15) is 13.2 Å². The molecule has 0 amide bonds. The Hall–Kier alpha value is -3.49. The first-order valence-electron chi connectivity index (χ1n) is 7.78. The van der Waals surface area contributed by atoms with Gasteiger partial charge in [0.15, 0.2) is 11.6 Å². The molecule has 0 atom stereocenters. The van der Waals surface area contributed by atoms with E-state index in [4.69, 9.17) is 16.2 Å². The molecular weight excluding hydrogens is 359 g/mol. The number of nitrogens with two attached hydrogens (primary N) is 2. The summed E-state index contributed by atoms with van der Waals surface area (Å²) in [6, 6.07) is 9.63. The van der Waals surface area contributed by atoms with Crippen LogP contribution in [0.5, 0.6) is 5.75 Å². The summed E-state index contributed by atoms with van der Waals surface area (Å²) in [5.41, 5.74) is 13.1. The first-order valence-corrected chi connectivity index (χ1v) is 7.78. The number of nitrogen functional groups attached to an aromatic ring is 2. The molecule has 5 N–H and O–H groups in total. The Morgan fingerprint density at radius 3 is 2.33 bits per heavy atom. The van der Waals surface area contributed by atoms with Crippen LogP contribution in [-0.2, 0) is 6.18 Å². The summed E-state index contributed by atoms with van der Waals surface area (Å²) in [6.45, 7) is 0. The number of alkyl halides is 3. The fourth-order valence-electron chi connectivity index (χ4n) is 2.43. The lowest BCUT2D eigenvalue weighted by Crippen LogP contribution is -2.05. The molecule has 9 heteroatoms. The van der Waals surface area contributed by atoms with Gasteiger partial charge >= 0.3 is 6.18 Å². The molecule has 0 unspecified atom stereocenters. The third kappa shape index (κ3) is 4.02. The van der Waals surface area contributed by atoms with E-state index >= 15 is 0 Å². The van der Waals surface area contributed by atoms with Crippen molar-refractivity contribution < 1.29 is 17.9 Å². The number of rotatable bonds is 4. The quantitative estimate of drug-likeness (QED) is 0.594. The lowest BCUT2D eigenvalue weighted by Gasteiger charge is -2.12. The van der Waals surface area contributed by atoms with E-state index in [0.29, 0.717) is 28.4 Å². The molecular formula is C18H16F3N5O. The summed E-state index contributed by atoms with van der Waals surface area (Å²) in [6.07, 6.45) is -2.97. The van der Waals surface area contributed by atoms with Gasteiger partial charge in [0.05, 0.1) is 18.9 Å². The summed E-state index contributed by atoms with van der Waals surface area (Å²) in [5, 5.41) is 2.86. The van der Waals surface area contributed by atoms with Gasteiger partial charge in [0.2, 0.25) is 0 Å². The topological polar surface area (TPSA) is 99.1 Å². The minimum atomic E-state index is -4.39. The lowest BCUT2D eigenvalue weighted by molar-refractivity contribution is -0.137. The zero-order valence-corrected chi connectivity index (χ0v) is 14.2. The maximum absolute atomic E-state index is 12.6. The molecule has 6 nitrogen and oxygen atoms in total. The van der Waals surface area contributed by atoms with Crippen molar-refractivity contribution in [3.8, 4) is 17.0 Å². The number of hydrogen-bond acceptors (Lipinski definition) is 6. The number of hydrogen-bond donors (Lipinski definition) is 3. The van der Waals surface area contributed by atoms with Crippen LogP contribution >= 0.6 is 0 Å². The van der Waals surface area contributed by atoms with E-state index in [1.54, 1.807) is 18.2 Å². The summed E-state index contributed by atoms with van der Waals surface area (Å²) < 4.78 is 43.0. The Kier molecular flexibility index (Phi) is 4.76. The molecule has 0 radical (unpaired) electrons. The molecule has 0 saturated carbocycles. The van der Waals surface area contributed by atoms with E-state index in [2.05, 4.69) is 15.3 Å². The van der Waals surface area contributed by atoms with Crippen LogP contribution in [-0.4, -0.2) is 17.1 Å². The van der Waals surface area contributed by atoms with Gasteiger partial charge in [-0.25, -0.2) is 9.97 Å². The largest absolute Gasteiger partial charge is 0.497 e. The molecule has 0 fully saturated rings. The highest BCUT2D eigenvalue weighted by Gasteiger charge is 2.29. The van der Waals surface area contributed by atoms with E-state index in [9.17, 15) is 13.2 Å². The van der Waals surface area contributed by atoms with Crippen molar-refractivity contribution in [2.24, 2.45) is 0 Å². The minimum Gasteiger partial charge on any atom is -0.497 e. The van der Waals surface area contributed by atoms with Crippen molar-refractivity contribution in [2.45, 2.75) is 6.18 Å². The van der Waals surface area contributed by atoms with Crippen molar-refractivity contribution in [2.75, 3.05) is 23.9 Å². The predicted molar refractivity (Wildman–Crippen MR) is 97.6 cm³/mol. The smallest absolute Gasteiger partial charge is 0.416 e. The number of methoxy groups -OCH3 is 1. The third-order valence-corrected chi connectivity index (χ3v) is 3.80. The molecule has 1 heterocycles. The van der Waals surface area contributed by atoms with Gasteiger partial charge in [-0.1, -0.05) is 0 Å². The monoisotopic (exact) mass is 375 g/mol. The van der Waals surface area contributed by atoms with Crippen molar-refractivity contribution in [1.82, 2.24) is 9.97 Å². The van der Waals surface area contributed by atoms with Crippen LogP contribution in [0.2, 0.25) is 0 Å². The van der Waals surface area contributed by atoms with Gasteiger partial charge in [-0.05, 0) is 42.5 Å². The zero-order chi connectivity index (χ0) is 19.6.